The molecule has 3 nitrogen and oxygen atoms in total. The minimum atomic E-state index is -0.329. The molecule has 21 heavy (non-hydrogen) atoms. The zero-order valence-electron chi connectivity index (χ0n) is 11.6. The maximum Gasteiger partial charge on any atom is 0.251 e. The molecule has 2 N–H and O–H groups in total. The molecule has 0 spiro atoms. The van der Waals surface area contributed by atoms with E-state index in [-0.39, 0.29) is 18.3 Å². The van der Waals surface area contributed by atoms with Gasteiger partial charge in [0.15, 0.2) is 0 Å². The number of carbonyl (C=O) groups excluding carboxylic acids is 1. The van der Waals surface area contributed by atoms with Crippen LogP contribution in [0.5, 0.6) is 0 Å². The number of nitrogens with one attached hydrogen (secondary N) is 1. The Morgan fingerprint density at radius 3 is 2.62 bits per heavy atom. The van der Waals surface area contributed by atoms with Crippen molar-refractivity contribution in [3.8, 4) is 0 Å². The Balaban J connectivity index is 2.08. The number of carbonyl (C=O) groups is 1. The average molecular weight is 305 g/mol. The van der Waals surface area contributed by atoms with Gasteiger partial charge in [0, 0.05) is 17.0 Å². The fourth-order valence-electron chi connectivity index (χ4n) is 1.96. The van der Waals surface area contributed by atoms with E-state index >= 15 is 0 Å². The van der Waals surface area contributed by atoms with Crippen LogP contribution in [0.15, 0.2) is 47.4 Å². The minimum absolute atomic E-state index is 0.0702. The highest BCUT2D eigenvalue weighted by Crippen LogP contribution is 2.20. The van der Waals surface area contributed by atoms with E-state index < -0.39 is 0 Å². The predicted octanol–water partition coefficient (Wildman–Crippen LogP) is 2.97. The summed E-state index contributed by atoms with van der Waals surface area (Å²) in [5, 5.41) is 12.0. The molecule has 0 heterocycles. The fraction of sp³-hybridized carbons (Fsp3) is 0.188. The molecule has 0 atom stereocenters. The van der Waals surface area contributed by atoms with Crippen LogP contribution in [0.25, 0.3) is 0 Å². The van der Waals surface area contributed by atoms with Gasteiger partial charge < -0.3 is 10.4 Å². The Morgan fingerprint density at radius 1 is 1.24 bits per heavy atom. The van der Waals surface area contributed by atoms with Crippen molar-refractivity contribution >= 4 is 17.7 Å². The first-order valence-corrected chi connectivity index (χ1v) is 7.67. The molecule has 0 saturated heterocycles. The Labute approximate surface area is 127 Å². The van der Waals surface area contributed by atoms with Gasteiger partial charge in [-0.1, -0.05) is 24.3 Å². The van der Waals surface area contributed by atoms with Gasteiger partial charge in [0.2, 0.25) is 0 Å². The van der Waals surface area contributed by atoms with Gasteiger partial charge in [-0.05, 0) is 35.6 Å². The molecule has 0 aromatic heterocycles. The van der Waals surface area contributed by atoms with Crippen molar-refractivity contribution < 1.29 is 14.3 Å². The molecule has 0 aliphatic carbocycles. The monoisotopic (exact) mass is 305 g/mol. The van der Waals surface area contributed by atoms with Gasteiger partial charge in [-0.15, -0.1) is 11.8 Å². The quantitative estimate of drug-likeness (QED) is 0.835. The number of thioether (sulfide) groups is 1. The third kappa shape index (κ3) is 3.83. The first-order chi connectivity index (χ1) is 10.2. The third-order valence-electron chi connectivity index (χ3n) is 3.14. The lowest BCUT2D eigenvalue weighted by atomic mass is 10.1. The lowest BCUT2D eigenvalue weighted by Gasteiger charge is -2.09. The number of aliphatic hydroxyl groups is 1. The van der Waals surface area contributed by atoms with Crippen LogP contribution in [0.1, 0.15) is 21.5 Å². The second kappa shape index (κ2) is 7.24. The van der Waals surface area contributed by atoms with Gasteiger partial charge in [-0.25, -0.2) is 4.39 Å². The largest absolute Gasteiger partial charge is 0.392 e. The molecule has 2 aromatic rings. The number of hydrogen-bond donors (Lipinski definition) is 2. The molecule has 5 heteroatoms. The van der Waals surface area contributed by atoms with Gasteiger partial charge in [-0.2, -0.15) is 0 Å². The second-order valence-corrected chi connectivity index (χ2v) is 5.31. The minimum Gasteiger partial charge on any atom is -0.392 e. The van der Waals surface area contributed by atoms with Gasteiger partial charge in [-0.3, -0.25) is 4.79 Å². The summed E-state index contributed by atoms with van der Waals surface area (Å²) in [5.41, 5.74) is 2.06. The van der Waals surface area contributed by atoms with Gasteiger partial charge in [0.25, 0.3) is 5.91 Å². The van der Waals surface area contributed by atoms with Crippen LogP contribution in [0.2, 0.25) is 0 Å². The molecule has 0 bridgehead atoms. The van der Waals surface area contributed by atoms with E-state index in [4.69, 9.17) is 0 Å². The second-order valence-electron chi connectivity index (χ2n) is 4.46. The first-order valence-electron chi connectivity index (χ1n) is 6.45. The Bertz CT molecular complexity index is 646. The molecule has 1 amide bonds. The number of aliphatic hydroxyl groups excluding tert-OH is 1. The van der Waals surface area contributed by atoms with Gasteiger partial charge >= 0.3 is 0 Å². The van der Waals surface area contributed by atoms with E-state index in [9.17, 15) is 14.3 Å². The summed E-state index contributed by atoms with van der Waals surface area (Å²) >= 11 is 1.26. The SMILES string of the molecule is CSc1cc(C(=O)NCc2ccccc2CO)ccc1F. The molecule has 2 rings (SSSR count). The maximum atomic E-state index is 13.4. The summed E-state index contributed by atoms with van der Waals surface area (Å²) in [6.45, 7) is 0.251. The predicted molar refractivity (Wildman–Crippen MR) is 81.7 cm³/mol. The smallest absolute Gasteiger partial charge is 0.251 e. The van der Waals surface area contributed by atoms with Crippen LogP contribution in [0.4, 0.5) is 4.39 Å². The summed E-state index contributed by atoms with van der Waals surface area (Å²) < 4.78 is 13.4. The summed E-state index contributed by atoms with van der Waals surface area (Å²) in [4.78, 5) is 12.5. The van der Waals surface area contributed by atoms with E-state index in [1.165, 1.54) is 30.0 Å². The van der Waals surface area contributed by atoms with Crippen LogP contribution in [-0.4, -0.2) is 17.3 Å². The summed E-state index contributed by atoms with van der Waals surface area (Å²) in [7, 11) is 0. The molecule has 0 unspecified atom stereocenters. The zero-order valence-corrected chi connectivity index (χ0v) is 12.4. The number of hydrogen-bond acceptors (Lipinski definition) is 3. The van der Waals surface area contributed by atoms with Crippen molar-refractivity contribution in [3.05, 3.63) is 65.0 Å². The van der Waals surface area contributed by atoms with Crippen LogP contribution < -0.4 is 5.32 Å². The Kier molecular flexibility index (Phi) is 5.36. The van der Waals surface area contributed by atoms with Crippen molar-refractivity contribution in [2.75, 3.05) is 6.26 Å². The van der Waals surface area contributed by atoms with Crippen molar-refractivity contribution in [1.29, 1.82) is 0 Å². The number of rotatable bonds is 5. The van der Waals surface area contributed by atoms with Crippen LogP contribution in [0.3, 0.4) is 0 Å². The van der Waals surface area contributed by atoms with Crippen LogP contribution >= 0.6 is 11.8 Å². The van der Waals surface area contributed by atoms with Crippen LogP contribution in [0, 0.1) is 5.82 Å². The van der Waals surface area contributed by atoms with E-state index in [2.05, 4.69) is 5.32 Å². The molecule has 0 fully saturated rings. The Hall–Kier alpha value is -1.85. The molecular weight excluding hydrogens is 289 g/mol. The van der Waals surface area contributed by atoms with Crippen molar-refractivity contribution in [3.63, 3.8) is 0 Å². The van der Waals surface area contributed by atoms with Crippen molar-refractivity contribution in [1.82, 2.24) is 5.32 Å². The summed E-state index contributed by atoms with van der Waals surface area (Å²) in [6, 6.07) is 11.6. The van der Waals surface area contributed by atoms with E-state index in [1.54, 1.807) is 6.26 Å². The normalized spacial score (nSPS) is 10.4. The number of amides is 1. The lowest BCUT2D eigenvalue weighted by Crippen LogP contribution is -2.23. The standard InChI is InChI=1S/C16H16FNO2S/c1-21-15-8-11(6-7-14(15)17)16(20)18-9-12-4-2-3-5-13(12)10-19/h2-8,19H,9-10H2,1H3,(H,18,20). The fourth-order valence-corrected chi connectivity index (χ4v) is 2.47. The molecule has 110 valence electrons. The topological polar surface area (TPSA) is 49.3 Å². The highest BCUT2D eigenvalue weighted by Gasteiger charge is 2.10. The highest BCUT2D eigenvalue weighted by atomic mass is 32.2. The molecule has 0 saturated carbocycles. The molecule has 0 aliphatic rings. The van der Waals surface area contributed by atoms with Crippen molar-refractivity contribution in [2.45, 2.75) is 18.0 Å². The number of halogens is 1. The lowest BCUT2D eigenvalue weighted by molar-refractivity contribution is 0.0950. The maximum absolute atomic E-state index is 13.4. The molecule has 0 radical (unpaired) electrons. The zero-order chi connectivity index (χ0) is 15.2. The van der Waals surface area contributed by atoms with E-state index in [0.717, 1.165) is 11.1 Å². The average Bonchev–Trinajstić information content (AvgIpc) is 2.53. The third-order valence-corrected chi connectivity index (χ3v) is 3.89. The molecular formula is C16H16FNO2S. The molecule has 2 aromatic carbocycles. The van der Waals surface area contributed by atoms with Crippen molar-refractivity contribution in [2.24, 2.45) is 0 Å². The van der Waals surface area contributed by atoms with Crippen LogP contribution in [-0.2, 0) is 13.2 Å². The highest BCUT2D eigenvalue weighted by molar-refractivity contribution is 7.98. The number of benzene rings is 2. The van der Waals surface area contributed by atoms with Gasteiger partial charge in [0.1, 0.15) is 5.82 Å². The Morgan fingerprint density at radius 2 is 1.95 bits per heavy atom. The van der Waals surface area contributed by atoms with E-state index in [0.29, 0.717) is 17.0 Å². The van der Waals surface area contributed by atoms with Gasteiger partial charge in [0.05, 0.1) is 6.61 Å². The first kappa shape index (κ1) is 15.5. The summed E-state index contributed by atoms with van der Waals surface area (Å²) in [6.07, 6.45) is 1.76. The summed E-state index contributed by atoms with van der Waals surface area (Å²) in [5.74, 6) is -0.595. The van der Waals surface area contributed by atoms with E-state index in [1.807, 2.05) is 24.3 Å². The molecule has 0 aliphatic heterocycles.